The molecule has 2 rings (SSSR count). The highest BCUT2D eigenvalue weighted by Crippen LogP contribution is 2.15. The average Bonchev–Trinajstić information content (AvgIpc) is 2.39. The minimum atomic E-state index is -0.0865. The molecule has 0 fully saturated rings. The lowest BCUT2D eigenvalue weighted by Crippen LogP contribution is -2.19. The van der Waals surface area contributed by atoms with Crippen LogP contribution in [0.15, 0.2) is 36.7 Å². The summed E-state index contributed by atoms with van der Waals surface area (Å²) in [5.74, 6) is 0.626. The first-order valence-electron chi connectivity index (χ1n) is 5.68. The molecule has 6 heteroatoms. The zero-order chi connectivity index (χ0) is 13.8. The third-order valence-corrected chi connectivity index (χ3v) is 2.85. The maximum Gasteiger partial charge on any atom is 0.147 e. The molecule has 0 aliphatic heterocycles. The Hall–Kier alpha value is -2.14. The van der Waals surface area contributed by atoms with E-state index in [2.05, 4.69) is 9.97 Å². The summed E-state index contributed by atoms with van der Waals surface area (Å²) >= 11 is 5.95. The van der Waals surface area contributed by atoms with Crippen LogP contribution in [-0.4, -0.2) is 22.9 Å². The zero-order valence-electron chi connectivity index (χ0n) is 10.5. The Labute approximate surface area is 116 Å². The second-order valence-electron chi connectivity index (χ2n) is 4.16. The van der Waals surface area contributed by atoms with Crippen LogP contribution in [0.1, 0.15) is 11.3 Å². The Bertz CT molecular complexity index is 582. The molecule has 0 unspecified atom stereocenters. The fourth-order valence-corrected chi connectivity index (χ4v) is 1.86. The van der Waals surface area contributed by atoms with Crippen LogP contribution in [0.3, 0.4) is 0 Å². The van der Waals surface area contributed by atoms with E-state index in [1.165, 1.54) is 6.20 Å². The Morgan fingerprint density at radius 2 is 2.16 bits per heavy atom. The molecular weight excluding hydrogens is 262 g/mol. The van der Waals surface area contributed by atoms with E-state index in [0.717, 1.165) is 5.56 Å². The van der Waals surface area contributed by atoms with Gasteiger partial charge in [-0.25, -0.2) is 9.97 Å². The molecular formula is C13H14ClN5. The van der Waals surface area contributed by atoms with Gasteiger partial charge in [-0.05, 0) is 17.7 Å². The molecule has 0 bridgehead atoms. The van der Waals surface area contributed by atoms with Crippen molar-refractivity contribution in [3.8, 4) is 0 Å². The highest BCUT2D eigenvalue weighted by atomic mass is 35.5. The SMILES string of the molecule is CN(Cc1cccc(Cl)c1)c1cnc(C(=N)N)cn1. The lowest BCUT2D eigenvalue weighted by atomic mass is 10.2. The van der Waals surface area contributed by atoms with E-state index in [9.17, 15) is 0 Å². The lowest BCUT2D eigenvalue weighted by Gasteiger charge is -2.18. The molecule has 0 aliphatic carbocycles. The number of nitrogen functional groups attached to an aromatic ring is 1. The fraction of sp³-hybridized carbons (Fsp3) is 0.154. The predicted molar refractivity (Wildman–Crippen MR) is 76.6 cm³/mol. The molecule has 1 aromatic carbocycles. The van der Waals surface area contributed by atoms with Gasteiger partial charge in [0, 0.05) is 18.6 Å². The highest BCUT2D eigenvalue weighted by molar-refractivity contribution is 6.30. The largest absolute Gasteiger partial charge is 0.382 e. The van der Waals surface area contributed by atoms with Gasteiger partial charge in [0.05, 0.1) is 12.4 Å². The van der Waals surface area contributed by atoms with Crippen LogP contribution in [0.4, 0.5) is 5.82 Å². The molecule has 0 amide bonds. The van der Waals surface area contributed by atoms with Crippen molar-refractivity contribution < 1.29 is 0 Å². The summed E-state index contributed by atoms with van der Waals surface area (Å²) in [5.41, 5.74) is 6.80. The van der Waals surface area contributed by atoms with Crippen molar-refractivity contribution >= 4 is 23.3 Å². The first-order valence-corrected chi connectivity index (χ1v) is 6.06. The number of nitrogens with two attached hydrogens (primary N) is 1. The second-order valence-corrected chi connectivity index (χ2v) is 4.60. The van der Waals surface area contributed by atoms with Gasteiger partial charge in [-0.1, -0.05) is 23.7 Å². The summed E-state index contributed by atoms with van der Waals surface area (Å²) in [5, 5.41) is 7.98. The normalized spacial score (nSPS) is 10.2. The molecule has 5 nitrogen and oxygen atoms in total. The van der Waals surface area contributed by atoms with Gasteiger partial charge in [-0.3, -0.25) is 5.41 Å². The standard InChI is InChI=1S/C13H14ClN5/c1-19(8-9-3-2-4-10(14)5-9)12-7-17-11(6-18-12)13(15)16/h2-7H,8H2,1H3,(H3,15,16). The van der Waals surface area contributed by atoms with Crippen LogP contribution in [-0.2, 0) is 6.54 Å². The number of anilines is 1. The van der Waals surface area contributed by atoms with E-state index in [4.69, 9.17) is 22.7 Å². The van der Waals surface area contributed by atoms with E-state index in [1.807, 2.05) is 36.2 Å². The monoisotopic (exact) mass is 275 g/mol. The van der Waals surface area contributed by atoms with E-state index in [1.54, 1.807) is 6.20 Å². The third-order valence-electron chi connectivity index (χ3n) is 2.61. The number of aromatic nitrogens is 2. The fourth-order valence-electron chi connectivity index (χ4n) is 1.65. The van der Waals surface area contributed by atoms with Crippen LogP contribution in [0.2, 0.25) is 5.02 Å². The van der Waals surface area contributed by atoms with Crippen LogP contribution in [0.25, 0.3) is 0 Å². The van der Waals surface area contributed by atoms with E-state index in [-0.39, 0.29) is 5.84 Å². The molecule has 1 aromatic heterocycles. The highest BCUT2D eigenvalue weighted by Gasteiger charge is 2.06. The number of hydrogen-bond donors (Lipinski definition) is 2. The van der Waals surface area contributed by atoms with E-state index >= 15 is 0 Å². The molecule has 98 valence electrons. The van der Waals surface area contributed by atoms with Gasteiger partial charge in [-0.15, -0.1) is 0 Å². The molecule has 1 heterocycles. The minimum absolute atomic E-state index is 0.0865. The molecule has 0 spiro atoms. The number of rotatable bonds is 4. The summed E-state index contributed by atoms with van der Waals surface area (Å²) in [7, 11) is 1.92. The van der Waals surface area contributed by atoms with Crippen molar-refractivity contribution in [1.82, 2.24) is 9.97 Å². The van der Waals surface area contributed by atoms with Crippen LogP contribution in [0, 0.1) is 5.41 Å². The Morgan fingerprint density at radius 3 is 2.74 bits per heavy atom. The van der Waals surface area contributed by atoms with Gasteiger partial charge in [0.15, 0.2) is 0 Å². The van der Waals surface area contributed by atoms with Gasteiger partial charge in [0.2, 0.25) is 0 Å². The van der Waals surface area contributed by atoms with Gasteiger partial charge < -0.3 is 10.6 Å². The molecule has 19 heavy (non-hydrogen) atoms. The van der Waals surface area contributed by atoms with Gasteiger partial charge in [-0.2, -0.15) is 0 Å². The summed E-state index contributed by atoms with van der Waals surface area (Å²) in [6, 6.07) is 7.66. The van der Waals surface area contributed by atoms with Gasteiger partial charge in [0.1, 0.15) is 17.3 Å². The Morgan fingerprint density at radius 1 is 1.37 bits per heavy atom. The van der Waals surface area contributed by atoms with Crippen molar-refractivity contribution in [3.63, 3.8) is 0 Å². The number of amidine groups is 1. The second kappa shape index (κ2) is 5.67. The minimum Gasteiger partial charge on any atom is -0.382 e. The molecule has 0 aliphatic rings. The molecule has 0 radical (unpaired) electrons. The van der Waals surface area contributed by atoms with E-state index < -0.39 is 0 Å². The molecule has 0 saturated heterocycles. The number of nitrogens with one attached hydrogen (secondary N) is 1. The quantitative estimate of drug-likeness (QED) is 0.661. The lowest BCUT2D eigenvalue weighted by molar-refractivity contribution is 0.888. The number of benzene rings is 1. The third kappa shape index (κ3) is 3.42. The maximum atomic E-state index is 7.26. The van der Waals surface area contributed by atoms with Crippen molar-refractivity contribution in [2.24, 2.45) is 5.73 Å². The van der Waals surface area contributed by atoms with Crippen molar-refractivity contribution in [2.75, 3.05) is 11.9 Å². The summed E-state index contributed by atoms with van der Waals surface area (Å²) in [6.07, 6.45) is 3.09. The average molecular weight is 276 g/mol. The van der Waals surface area contributed by atoms with Crippen molar-refractivity contribution in [1.29, 1.82) is 5.41 Å². The first-order chi connectivity index (χ1) is 9.06. The number of nitrogens with zero attached hydrogens (tertiary/aromatic N) is 3. The summed E-state index contributed by atoms with van der Waals surface area (Å²) < 4.78 is 0. The molecule has 3 N–H and O–H groups in total. The van der Waals surface area contributed by atoms with Crippen molar-refractivity contribution in [3.05, 3.63) is 52.9 Å². The van der Waals surface area contributed by atoms with Gasteiger partial charge >= 0.3 is 0 Å². The van der Waals surface area contributed by atoms with Crippen LogP contribution < -0.4 is 10.6 Å². The van der Waals surface area contributed by atoms with E-state index in [0.29, 0.717) is 23.1 Å². The Kier molecular flexibility index (Phi) is 3.97. The summed E-state index contributed by atoms with van der Waals surface area (Å²) in [4.78, 5) is 10.3. The molecule has 0 atom stereocenters. The predicted octanol–water partition coefficient (Wildman–Crippen LogP) is 2.05. The smallest absolute Gasteiger partial charge is 0.147 e. The number of hydrogen-bond acceptors (Lipinski definition) is 4. The van der Waals surface area contributed by atoms with Crippen LogP contribution >= 0.6 is 11.6 Å². The molecule has 2 aromatic rings. The number of halogens is 1. The van der Waals surface area contributed by atoms with Crippen molar-refractivity contribution in [2.45, 2.75) is 6.54 Å². The summed E-state index contributed by atoms with van der Waals surface area (Å²) in [6.45, 7) is 0.675. The van der Waals surface area contributed by atoms with Crippen LogP contribution in [0.5, 0.6) is 0 Å². The zero-order valence-corrected chi connectivity index (χ0v) is 11.2. The first kappa shape index (κ1) is 13.3. The molecule has 0 saturated carbocycles. The Balaban J connectivity index is 2.11. The maximum absolute atomic E-state index is 7.26. The van der Waals surface area contributed by atoms with Gasteiger partial charge in [0.25, 0.3) is 0 Å². The topological polar surface area (TPSA) is 78.9 Å².